The van der Waals surface area contributed by atoms with Gasteiger partial charge in [-0.2, -0.15) is 0 Å². The molecule has 0 aliphatic heterocycles. The van der Waals surface area contributed by atoms with E-state index in [1.165, 1.54) is 37.7 Å². The number of amides is 1. The van der Waals surface area contributed by atoms with Crippen molar-refractivity contribution in [2.45, 2.75) is 63.1 Å². The molecule has 2 nitrogen and oxygen atoms in total. The van der Waals surface area contributed by atoms with Crippen LogP contribution < -0.4 is 5.32 Å². The Morgan fingerprint density at radius 2 is 1.90 bits per heavy atom. The zero-order valence-electron chi connectivity index (χ0n) is 12.9. The van der Waals surface area contributed by atoms with Crippen LogP contribution in [0.1, 0.15) is 57.4 Å². The van der Waals surface area contributed by atoms with E-state index in [1.54, 1.807) is 0 Å². The third kappa shape index (κ3) is 6.21. The van der Waals surface area contributed by atoms with Gasteiger partial charge in [0.25, 0.3) is 0 Å². The summed E-state index contributed by atoms with van der Waals surface area (Å²) in [5, 5.41) is 3.01. The molecular formula is C18H26BrNO. The molecule has 1 saturated carbocycles. The predicted octanol–water partition coefficient (Wildman–Crippen LogP) is 5.31. The normalized spacial score (nSPS) is 17.4. The average molecular weight is 352 g/mol. The van der Waals surface area contributed by atoms with E-state index in [1.807, 2.05) is 12.1 Å². The summed E-state index contributed by atoms with van der Waals surface area (Å²) >= 11 is 3.56. The Labute approximate surface area is 136 Å². The fourth-order valence-electron chi connectivity index (χ4n) is 3.08. The van der Waals surface area contributed by atoms with Crippen molar-refractivity contribution in [3.63, 3.8) is 0 Å². The second-order valence-corrected chi connectivity index (χ2v) is 7.84. The lowest BCUT2D eigenvalue weighted by Crippen LogP contribution is -2.14. The van der Waals surface area contributed by atoms with Crippen LogP contribution in [-0.2, 0) is 11.2 Å². The maximum absolute atomic E-state index is 12.0. The second-order valence-electron chi connectivity index (χ2n) is 6.27. The zero-order chi connectivity index (χ0) is 15.1. The van der Waals surface area contributed by atoms with Gasteiger partial charge in [-0.15, -0.1) is 0 Å². The van der Waals surface area contributed by atoms with Crippen molar-refractivity contribution in [1.29, 1.82) is 0 Å². The number of carbonyl (C=O) groups excluding carboxylic acids is 1. The molecule has 1 aliphatic carbocycles. The van der Waals surface area contributed by atoms with Gasteiger partial charge in [0.1, 0.15) is 0 Å². The van der Waals surface area contributed by atoms with E-state index in [-0.39, 0.29) is 5.91 Å². The number of carbonyl (C=O) groups is 1. The monoisotopic (exact) mass is 351 g/mol. The van der Waals surface area contributed by atoms with E-state index in [4.69, 9.17) is 0 Å². The fourth-order valence-corrected chi connectivity index (χ4v) is 3.46. The molecule has 0 heterocycles. The largest absolute Gasteiger partial charge is 0.326 e. The van der Waals surface area contributed by atoms with E-state index < -0.39 is 0 Å². The Kier molecular flexibility index (Phi) is 6.75. The van der Waals surface area contributed by atoms with Crippen molar-refractivity contribution >= 4 is 27.5 Å². The Balaban J connectivity index is 1.74. The van der Waals surface area contributed by atoms with Gasteiger partial charge in [0.05, 0.1) is 0 Å². The van der Waals surface area contributed by atoms with E-state index in [2.05, 4.69) is 40.3 Å². The summed E-state index contributed by atoms with van der Waals surface area (Å²) in [6, 6.07) is 8.19. The third-order valence-electron chi connectivity index (χ3n) is 4.26. The first-order chi connectivity index (χ1) is 10.1. The molecule has 3 heteroatoms. The van der Waals surface area contributed by atoms with E-state index in [9.17, 15) is 4.79 Å². The lowest BCUT2D eigenvalue weighted by Gasteiger charge is -2.21. The number of hydrogen-bond acceptors (Lipinski definition) is 1. The molecule has 1 aromatic rings. The van der Waals surface area contributed by atoms with Crippen molar-refractivity contribution in [3.8, 4) is 0 Å². The topological polar surface area (TPSA) is 29.1 Å². The van der Waals surface area contributed by atoms with Gasteiger partial charge in [0, 0.05) is 16.9 Å². The number of alkyl halides is 1. The van der Waals surface area contributed by atoms with Crippen molar-refractivity contribution in [3.05, 3.63) is 29.8 Å². The molecule has 1 atom stereocenters. The molecule has 1 unspecified atom stereocenters. The fraction of sp³-hybridized carbons (Fsp3) is 0.611. The molecule has 1 aliphatic rings. The summed E-state index contributed by atoms with van der Waals surface area (Å²) in [7, 11) is 0. The number of halogens is 1. The maximum Gasteiger partial charge on any atom is 0.224 e. The molecule has 0 bridgehead atoms. The highest BCUT2D eigenvalue weighted by atomic mass is 79.9. The molecule has 0 radical (unpaired) electrons. The van der Waals surface area contributed by atoms with E-state index in [0.29, 0.717) is 11.2 Å². The number of hydrogen-bond donors (Lipinski definition) is 1. The zero-order valence-corrected chi connectivity index (χ0v) is 14.5. The van der Waals surface area contributed by atoms with Crippen LogP contribution in [0.4, 0.5) is 5.69 Å². The molecule has 2 rings (SSSR count). The van der Waals surface area contributed by atoms with Gasteiger partial charge in [-0.3, -0.25) is 4.79 Å². The summed E-state index contributed by atoms with van der Waals surface area (Å²) in [6.45, 7) is 2.14. The average Bonchev–Trinajstić information content (AvgIpc) is 2.48. The highest BCUT2D eigenvalue weighted by Crippen LogP contribution is 2.27. The van der Waals surface area contributed by atoms with Crippen molar-refractivity contribution in [2.24, 2.45) is 5.92 Å². The lowest BCUT2D eigenvalue weighted by atomic mass is 9.86. The number of anilines is 1. The first-order valence-corrected chi connectivity index (χ1v) is 9.08. The molecule has 116 valence electrons. The van der Waals surface area contributed by atoms with Crippen molar-refractivity contribution in [2.75, 3.05) is 5.32 Å². The van der Waals surface area contributed by atoms with Crippen LogP contribution in [-0.4, -0.2) is 10.7 Å². The molecule has 1 N–H and O–H groups in total. The lowest BCUT2D eigenvalue weighted by molar-refractivity contribution is -0.116. The van der Waals surface area contributed by atoms with Crippen molar-refractivity contribution in [1.82, 2.24) is 0 Å². The molecule has 1 aromatic carbocycles. The SMILES string of the molecule is CC(Br)Cc1ccc(NC(=O)CCC2CCCCC2)cc1. The van der Waals surface area contributed by atoms with Gasteiger partial charge in [-0.1, -0.05) is 67.1 Å². The standard InChI is InChI=1S/C18H26BrNO/c1-14(19)13-16-7-10-17(11-8-16)20-18(21)12-9-15-5-3-2-4-6-15/h7-8,10-11,14-15H,2-6,9,12-13H2,1H3,(H,20,21). The minimum absolute atomic E-state index is 0.155. The van der Waals surface area contributed by atoms with Crippen LogP contribution in [0.5, 0.6) is 0 Å². The Morgan fingerprint density at radius 3 is 2.52 bits per heavy atom. The van der Waals surface area contributed by atoms with E-state index >= 15 is 0 Å². The van der Waals surface area contributed by atoms with Crippen molar-refractivity contribution < 1.29 is 4.79 Å². The first kappa shape index (κ1) is 16.5. The Morgan fingerprint density at radius 1 is 1.24 bits per heavy atom. The third-order valence-corrected chi connectivity index (χ3v) is 4.58. The number of rotatable bonds is 6. The smallest absolute Gasteiger partial charge is 0.224 e. The molecule has 1 fully saturated rings. The first-order valence-electron chi connectivity index (χ1n) is 8.16. The van der Waals surface area contributed by atoms with Crippen LogP contribution in [0.2, 0.25) is 0 Å². The maximum atomic E-state index is 12.0. The Hall–Kier alpha value is -0.830. The molecule has 0 spiro atoms. The summed E-state index contributed by atoms with van der Waals surface area (Å²) in [6.07, 6.45) is 9.41. The highest BCUT2D eigenvalue weighted by Gasteiger charge is 2.14. The summed E-state index contributed by atoms with van der Waals surface area (Å²) in [5.74, 6) is 0.925. The highest BCUT2D eigenvalue weighted by molar-refractivity contribution is 9.09. The van der Waals surface area contributed by atoms with Crippen LogP contribution >= 0.6 is 15.9 Å². The van der Waals surface area contributed by atoms with E-state index in [0.717, 1.165) is 24.4 Å². The van der Waals surface area contributed by atoms with Crippen LogP contribution in [0.3, 0.4) is 0 Å². The van der Waals surface area contributed by atoms with Gasteiger partial charge in [-0.25, -0.2) is 0 Å². The Bertz CT molecular complexity index is 435. The van der Waals surface area contributed by atoms with Crippen LogP contribution in [0.25, 0.3) is 0 Å². The van der Waals surface area contributed by atoms with Crippen LogP contribution in [0, 0.1) is 5.92 Å². The molecule has 21 heavy (non-hydrogen) atoms. The van der Waals surface area contributed by atoms with Gasteiger partial charge in [0.2, 0.25) is 5.91 Å². The van der Waals surface area contributed by atoms with Gasteiger partial charge in [-0.05, 0) is 36.5 Å². The molecule has 0 saturated heterocycles. The van der Waals surface area contributed by atoms with Crippen LogP contribution in [0.15, 0.2) is 24.3 Å². The quantitative estimate of drug-likeness (QED) is 0.691. The number of benzene rings is 1. The van der Waals surface area contributed by atoms with Gasteiger partial charge < -0.3 is 5.32 Å². The molecule has 0 aromatic heterocycles. The summed E-state index contributed by atoms with van der Waals surface area (Å²) < 4.78 is 0. The van der Waals surface area contributed by atoms with Gasteiger partial charge in [0.15, 0.2) is 0 Å². The predicted molar refractivity (Wildman–Crippen MR) is 93.0 cm³/mol. The summed E-state index contributed by atoms with van der Waals surface area (Å²) in [5.41, 5.74) is 2.20. The summed E-state index contributed by atoms with van der Waals surface area (Å²) in [4.78, 5) is 12.5. The second kappa shape index (κ2) is 8.57. The molecule has 1 amide bonds. The number of nitrogens with one attached hydrogen (secondary N) is 1. The van der Waals surface area contributed by atoms with Gasteiger partial charge >= 0.3 is 0 Å². The molecular weight excluding hydrogens is 326 g/mol. The minimum Gasteiger partial charge on any atom is -0.326 e. The minimum atomic E-state index is 0.155.